The Kier molecular flexibility index (Phi) is 8.74. The average Bonchev–Trinajstić information content (AvgIpc) is 3.67. The lowest BCUT2D eigenvalue weighted by atomic mass is 9.90. The number of aryl methyl sites for hydroxylation is 1. The van der Waals surface area contributed by atoms with Crippen LogP contribution in [0.1, 0.15) is 42.0 Å². The fourth-order valence-corrected chi connectivity index (χ4v) is 6.90. The van der Waals surface area contributed by atoms with Crippen LogP contribution in [0.2, 0.25) is 0 Å². The molecule has 1 aliphatic rings. The maximum Gasteiger partial charge on any atom is 0.236 e. The summed E-state index contributed by atoms with van der Waals surface area (Å²) < 4.78 is 31.8. The Morgan fingerprint density at radius 2 is 1.78 bits per heavy atom. The second-order valence-electron chi connectivity index (χ2n) is 11.7. The molecule has 0 aliphatic carbocycles. The first-order chi connectivity index (χ1) is 21.7. The molecule has 4 heterocycles. The van der Waals surface area contributed by atoms with Crippen molar-refractivity contribution in [1.29, 1.82) is 5.26 Å². The van der Waals surface area contributed by atoms with Crippen molar-refractivity contribution in [2.24, 2.45) is 0 Å². The predicted octanol–water partition coefficient (Wildman–Crippen LogP) is 7.10. The molecule has 230 valence electrons. The van der Waals surface area contributed by atoms with Gasteiger partial charge in [0.15, 0.2) is 0 Å². The molecule has 45 heavy (non-hydrogen) atoms. The van der Waals surface area contributed by atoms with Crippen LogP contribution in [-0.4, -0.2) is 63.8 Å². The zero-order chi connectivity index (χ0) is 31.7. The molecule has 1 fully saturated rings. The Labute approximate surface area is 265 Å². The maximum absolute atomic E-state index is 16.4. The van der Waals surface area contributed by atoms with Gasteiger partial charge in [-0.05, 0) is 86.3 Å². The van der Waals surface area contributed by atoms with E-state index < -0.39 is 0 Å². The van der Waals surface area contributed by atoms with Crippen molar-refractivity contribution in [2.75, 3.05) is 33.7 Å². The van der Waals surface area contributed by atoms with Crippen LogP contribution >= 0.6 is 11.3 Å². The highest BCUT2D eigenvalue weighted by atomic mass is 32.1. The third kappa shape index (κ3) is 6.23. The van der Waals surface area contributed by atoms with Gasteiger partial charge in [-0.3, -0.25) is 14.1 Å². The molecule has 3 aromatic heterocycles. The summed E-state index contributed by atoms with van der Waals surface area (Å²) in [5, 5.41) is 11.9. The summed E-state index contributed by atoms with van der Waals surface area (Å²) in [6.07, 6.45) is 4.60. The van der Waals surface area contributed by atoms with Gasteiger partial charge in [0.25, 0.3) is 0 Å². The zero-order valence-electron chi connectivity index (χ0n) is 25.6. The number of aromatic nitrogens is 3. The molecule has 10 heteroatoms. The second-order valence-corrected chi connectivity index (χ2v) is 12.6. The van der Waals surface area contributed by atoms with Crippen LogP contribution in [0.25, 0.3) is 38.7 Å². The number of carbonyl (C=O) groups excluding carboxylic acids is 1. The molecule has 7 nitrogen and oxygen atoms in total. The molecular weight excluding hydrogens is 590 g/mol. The van der Waals surface area contributed by atoms with E-state index in [-0.39, 0.29) is 24.0 Å². The molecule has 0 spiro atoms. The first kappa shape index (κ1) is 30.6. The van der Waals surface area contributed by atoms with Gasteiger partial charge in [0.05, 0.1) is 29.7 Å². The number of likely N-dealkylation sites (tertiary alicyclic amines) is 1. The first-order valence-electron chi connectivity index (χ1n) is 15.0. The molecule has 5 aromatic rings. The minimum absolute atomic E-state index is 0.106. The second kappa shape index (κ2) is 12.9. The van der Waals surface area contributed by atoms with Crippen molar-refractivity contribution in [3.63, 3.8) is 0 Å². The molecule has 0 unspecified atom stereocenters. The number of amides is 1. The van der Waals surface area contributed by atoms with E-state index in [1.807, 2.05) is 21.9 Å². The van der Waals surface area contributed by atoms with E-state index >= 15 is 4.39 Å². The smallest absolute Gasteiger partial charge is 0.236 e. The molecule has 1 amide bonds. The molecule has 2 aromatic carbocycles. The minimum Gasteiger partial charge on any atom is -0.348 e. The lowest BCUT2D eigenvalue weighted by molar-refractivity contribution is -0.130. The highest BCUT2D eigenvalue weighted by Gasteiger charge is 2.25. The summed E-state index contributed by atoms with van der Waals surface area (Å²) in [5.41, 5.74) is 6.32. The van der Waals surface area contributed by atoms with Crippen molar-refractivity contribution >= 4 is 22.9 Å². The summed E-state index contributed by atoms with van der Waals surface area (Å²) in [6, 6.07) is 16.1. The quantitative estimate of drug-likeness (QED) is 0.184. The molecular formula is C35H34F2N6OS. The van der Waals surface area contributed by atoms with E-state index in [4.69, 9.17) is 9.97 Å². The number of benzene rings is 2. The number of fused-ring (bicyclic) bond motifs is 1. The topological polar surface area (TPSA) is 77.5 Å². The third-order valence-corrected chi connectivity index (χ3v) is 9.50. The van der Waals surface area contributed by atoms with Crippen LogP contribution in [0.15, 0.2) is 60.1 Å². The Morgan fingerprint density at radius 1 is 1.04 bits per heavy atom. The van der Waals surface area contributed by atoms with Gasteiger partial charge in [0.2, 0.25) is 5.91 Å². The number of hydrogen-bond acceptors (Lipinski definition) is 6. The van der Waals surface area contributed by atoms with Crippen LogP contribution in [0, 0.1) is 29.9 Å². The van der Waals surface area contributed by atoms with Gasteiger partial charge >= 0.3 is 0 Å². The van der Waals surface area contributed by atoms with E-state index in [0.717, 1.165) is 37.1 Å². The first-order valence-corrected chi connectivity index (χ1v) is 15.9. The minimum atomic E-state index is -0.352. The lowest BCUT2D eigenvalue weighted by Crippen LogP contribution is -2.40. The number of piperidine rings is 1. The highest BCUT2D eigenvalue weighted by molar-refractivity contribution is 7.13. The zero-order valence-corrected chi connectivity index (χ0v) is 26.4. The standard InChI is InChI=1S/C35H34F2N6OS/c1-22-27(35-40-30(21-45-35)24-6-9-26(36)10-7-24)11-12-28(33(22)37)34-29(5-4-16-38)39-31-13-8-25(19-43(31)34)23-14-17-42(18-15-23)20-32(44)41(2)3/h6-13,19,21,23H,4-5,14-15,17-18,20H2,1-3H3. The van der Waals surface area contributed by atoms with Gasteiger partial charge in [0.1, 0.15) is 22.3 Å². The normalized spacial score (nSPS) is 14.1. The van der Waals surface area contributed by atoms with Crippen molar-refractivity contribution in [3.05, 3.63) is 88.6 Å². The highest BCUT2D eigenvalue weighted by Crippen LogP contribution is 2.38. The van der Waals surface area contributed by atoms with E-state index in [1.165, 1.54) is 23.5 Å². The number of rotatable bonds is 8. The van der Waals surface area contributed by atoms with Crippen LogP contribution < -0.4 is 0 Å². The number of pyridine rings is 1. The van der Waals surface area contributed by atoms with Crippen LogP contribution in [0.4, 0.5) is 8.78 Å². The van der Waals surface area contributed by atoms with Crippen molar-refractivity contribution < 1.29 is 13.6 Å². The molecule has 0 bridgehead atoms. The largest absolute Gasteiger partial charge is 0.348 e. The summed E-state index contributed by atoms with van der Waals surface area (Å²) in [5.74, 6) is -0.244. The SMILES string of the molecule is Cc1c(-c2nc(-c3ccc(F)cc3)cs2)ccc(-c2c(CCC#N)nc3ccc(C4CCN(CC(=O)N(C)C)CC4)cn23)c1F. The summed E-state index contributed by atoms with van der Waals surface area (Å²) in [4.78, 5) is 25.6. The average molecular weight is 625 g/mol. The van der Waals surface area contributed by atoms with E-state index in [0.29, 0.717) is 63.3 Å². The maximum atomic E-state index is 16.4. The predicted molar refractivity (Wildman–Crippen MR) is 173 cm³/mol. The fourth-order valence-electron chi connectivity index (χ4n) is 5.99. The molecule has 0 radical (unpaired) electrons. The van der Waals surface area contributed by atoms with Gasteiger partial charge in [0, 0.05) is 55.2 Å². The number of likely N-dealkylation sites (N-methyl/N-ethyl adjacent to an activating group) is 1. The summed E-state index contributed by atoms with van der Waals surface area (Å²) in [6.45, 7) is 3.85. The molecule has 1 aliphatic heterocycles. The Balaban J connectivity index is 1.33. The number of carbonyl (C=O) groups is 1. The number of nitrogens with zero attached hydrogens (tertiary/aromatic N) is 6. The fraction of sp³-hybridized carbons (Fsp3) is 0.314. The third-order valence-electron chi connectivity index (χ3n) is 8.62. The Morgan fingerprint density at radius 3 is 2.49 bits per heavy atom. The number of imidazole rings is 1. The van der Waals surface area contributed by atoms with Crippen LogP contribution in [-0.2, 0) is 11.2 Å². The Hall–Kier alpha value is -4.46. The summed E-state index contributed by atoms with van der Waals surface area (Å²) >= 11 is 1.42. The molecule has 0 saturated carbocycles. The number of nitriles is 1. The van der Waals surface area contributed by atoms with Crippen molar-refractivity contribution in [1.82, 2.24) is 24.2 Å². The van der Waals surface area contributed by atoms with Gasteiger partial charge in [-0.25, -0.2) is 18.7 Å². The van der Waals surface area contributed by atoms with E-state index in [1.54, 1.807) is 44.1 Å². The van der Waals surface area contributed by atoms with Gasteiger partial charge < -0.3 is 4.90 Å². The number of hydrogen-bond donors (Lipinski definition) is 0. The molecule has 0 atom stereocenters. The van der Waals surface area contributed by atoms with Gasteiger partial charge in [-0.1, -0.05) is 12.1 Å². The van der Waals surface area contributed by atoms with Crippen LogP contribution in [0.3, 0.4) is 0 Å². The van der Waals surface area contributed by atoms with Gasteiger partial charge in [-0.15, -0.1) is 11.3 Å². The Bertz CT molecular complexity index is 1900. The number of thiazole rings is 1. The van der Waals surface area contributed by atoms with Crippen molar-refractivity contribution in [2.45, 2.75) is 38.5 Å². The van der Waals surface area contributed by atoms with E-state index in [2.05, 4.69) is 23.2 Å². The molecule has 1 saturated heterocycles. The van der Waals surface area contributed by atoms with E-state index in [9.17, 15) is 14.4 Å². The van der Waals surface area contributed by atoms with Gasteiger partial charge in [-0.2, -0.15) is 5.26 Å². The molecule has 0 N–H and O–H groups in total. The van der Waals surface area contributed by atoms with Crippen molar-refractivity contribution in [3.8, 4) is 39.2 Å². The summed E-state index contributed by atoms with van der Waals surface area (Å²) in [7, 11) is 3.56. The number of halogens is 2. The monoisotopic (exact) mass is 624 g/mol. The molecule has 6 rings (SSSR count). The lowest BCUT2D eigenvalue weighted by Gasteiger charge is -2.32. The van der Waals surface area contributed by atoms with Crippen LogP contribution in [0.5, 0.6) is 0 Å².